The Morgan fingerprint density at radius 3 is 2.57 bits per heavy atom. The molecule has 0 heterocycles. The highest BCUT2D eigenvalue weighted by Crippen LogP contribution is 2.23. The van der Waals surface area contributed by atoms with Gasteiger partial charge in [0.15, 0.2) is 0 Å². The minimum atomic E-state index is 0.407. The normalized spacial score (nSPS) is 12.4. The summed E-state index contributed by atoms with van der Waals surface area (Å²) in [6, 6.07) is 14.8. The van der Waals surface area contributed by atoms with Crippen molar-refractivity contribution >= 4 is 23.2 Å². The van der Waals surface area contributed by atoms with Gasteiger partial charge in [-0.05, 0) is 56.5 Å². The van der Waals surface area contributed by atoms with Crippen molar-refractivity contribution in [3.8, 4) is 0 Å². The van der Waals surface area contributed by atoms with E-state index >= 15 is 0 Å². The van der Waals surface area contributed by atoms with Gasteiger partial charge in [-0.25, -0.2) is 0 Å². The fraction of sp³-hybridized carbons (Fsp3) is 0.333. The maximum Gasteiger partial charge on any atom is 0.0453 e. The fourth-order valence-corrected chi connectivity index (χ4v) is 3.00. The summed E-state index contributed by atoms with van der Waals surface area (Å²) in [6.07, 6.45) is 3.07. The number of nitrogens with one attached hydrogen (secondary N) is 1. The van der Waals surface area contributed by atoms with E-state index in [1.54, 1.807) is 0 Å². The first-order chi connectivity index (χ1) is 10.1. The van der Waals surface area contributed by atoms with Crippen LogP contribution in [0, 0.1) is 6.92 Å². The Balaban J connectivity index is 1.97. The predicted molar refractivity (Wildman–Crippen MR) is 92.5 cm³/mol. The topological polar surface area (TPSA) is 12.0 Å². The van der Waals surface area contributed by atoms with E-state index in [1.165, 1.54) is 11.1 Å². The maximum absolute atomic E-state index is 6.26. The van der Waals surface area contributed by atoms with Gasteiger partial charge in [-0.1, -0.05) is 59.1 Å². The van der Waals surface area contributed by atoms with Crippen LogP contribution in [0.2, 0.25) is 10.0 Å². The zero-order valence-corrected chi connectivity index (χ0v) is 14.0. The Morgan fingerprint density at radius 1 is 1.10 bits per heavy atom. The summed E-state index contributed by atoms with van der Waals surface area (Å²) in [7, 11) is 2.00. The van der Waals surface area contributed by atoms with Crippen LogP contribution in [0.4, 0.5) is 0 Å². The summed E-state index contributed by atoms with van der Waals surface area (Å²) in [4.78, 5) is 0. The first-order valence-electron chi connectivity index (χ1n) is 7.25. The van der Waals surface area contributed by atoms with Crippen LogP contribution >= 0.6 is 23.2 Å². The highest BCUT2D eigenvalue weighted by molar-refractivity contribution is 6.35. The third-order valence-electron chi connectivity index (χ3n) is 3.75. The van der Waals surface area contributed by atoms with Crippen LogP contribution in [0.15, 0.2) is 42.5 Å². The molecule has 0 spiro atoms. The molecule has 1 N–H and O–H groups in total. The molecular weight excluding hydrogens is 301 g/mol. The molecular formula is C18H21Cl2N. The Hall–Kier alpha value is -1.02. The van der Waals surface area contributed by atoms with E-state index in [1.807, 2.05) is 25.2 Å². The lowest BCUT2D eigenvalue weighted by molar-refractivity contribution is 0.520. The van der Waals surface area contributed by atoms with Crippen LogP contribution in [-0.4, -0.2) is 13.1 Å². The van der Waals surface area contributed by atoms with Crippen molar-refractivity contribution in [1.82, 2.24) is 5.32 Å². The maximum atomic E-state index is 6.26. The van der Waals surface area contributed by atoms with Crippen molar-refractivity contribution in [2.75, 3.05) is 7.05 Å². The largest absolute Gasteiger partial charge is 0.317 e. The molecule has 2 aromatic carbocycles. The second kappa shape index (κ2) is 7.84. The Morgan fingerprint density at radius 2 is 1.90 bits per heavy atom. The van der Waals surface area contributed by atoms with E-state index in [9.17, 15) is 0 Å². The van der Waals surface area contributed by atoms with Crippen molar-refractivity contribution in [3.05, 3.63) is 69.2 Å². The minimum Gasteiger partial charge on any atom is -0.317 e. The summed E-state index contributed by atoms with van der Waals surface area (Å²) >= 11 is 12.2. The summed E-state index contributed by atoms with van der Waals surface area (Å²) in [6.45, 7) is 2.13. The highest BCUT2D eigenvalue weighted by Gasteiger charge is 2.10. The van der Waals surface area contributed by atoms with Gasteiger partial charge >= 0.3 is 0 Å². The molecule has 1 nitrogen and oxygen atoms in total. The number of benzene rings is 2. The van der Waals surface area contributed by atoms with Crippen molar-refractivity contribution in [1.29, 1.82) is 0 Å². The van der Waals surface area contributed by atoms with Crippen molar-refractivity contribution < 1.29 is 0 Å². The average molecular weight is 322 g/mol. The minimum absolute atomic E-state index is 0.407. The number of likely N-dealkylation sites (N-methyl/N-ethyl adjacent to an activating group) is 1. The molecule has 112 valence electrons. The van der Waals surface area contributed by atoms with Gasteiger partial charge in [-0.3, -0.25) is 0 Å². The molecule has 2 aromatic rings. The molecule has 1 unspecified atom stereocenters. The van der Waals surface area contributed by atoms with E-state index in [0.717, 1.165) is 29.8 Å². The molecule has 0 amide bonds. The first-order valence-corrected chi connectivity index (χ1v) is 8.01. The fourth-order valence-electron chi connectivity index (χ4n) is 2.51. The quantitative estimate of drug-likeness (QED) is 0.783. The third kappa shape index (κ3) is 5.03. The molecule has 0 aliphatic rings. The lowest BCUT2D eigenvalue weighted by Gasteiger charge is -2.17. The molecule has 2 rings (SSSR count). The van der Waals surface area contributed by atoms with Crippen LogP contribution < -0.4 is 5.32 Å². The Bertz CT molecular complexity index is 596. The molecule has 0 fully saturated rings. The SMILES string of the molecule is CNC(CCc1cccc(C)c1)Cc1ccc(Cl)cc1Cl. The zero-order chi connectivity index (χ0) is 15.2. The summed E-state index contributed by atoms with van der Waals surface area (Å²) in [5.74, 6) is 0. The average Bonchev–Trinajstić information content (AvgIpc) is 2.45. The van der Waals surface area contributed by atoms with Crippen molar-refractivity contribution in [2.45, 2.75) is 32.2 Å². The van der Waals surface area contributed by atoms with Gasteiger partial charge in [-0.15, -0.1) is 0 Å². The highest BCUT2D eigenvalue weighted by atomic mass is 35.5. The molecule has 1 atom stereocenters. The number of hydrogen-bond acceptors (Lipinski definition) is 1. The monoisotopic (exact) mass is 321 g/mol. The number of aryl methyl sites for hydroxylation is 2. The van der Waals surface area contributed by atoms with E-state index < -0.39 is 0 Å². The van der Waals surface area contributed by atoms with Gasteiger partial charge in [0.1, 0.15) is 0 Å². The van der Waals surface area contributed by atoms with Gasteiger partial charge < -0.3 is 5.32 Å². The van der Waals surface area contributed by atoms with Crippen LogP contribution in [0.3, 0.4) is 0 Å². The summed E-state index contributed by atoms with van der Waals surface area (Å²) in [5, 5.41) is 4.82. The number of rotatable bonds is 6. The molecule has 0 aliphatic heterocycles. The lowest BCUT2D eigenvalue weighted by atomic mass is 9.98. The van der Waals surface area contributed by atoms with E-state index in [2.05, 4.69) is 36.5 Å². The smallest absolute Gasteiger partial charge is 0.0453 e. The zero-order valence-electron chi connectivity index (χ0n) is 12.5. The second-order valence-electron chi connectivity index (χ2n) is 5.45. The van der Waals surface area contributed by atoms with Crippen LogP contribution in [0.1, 0.15) is 23.1 Å². The molecule has 21 heavy (non-hydrogen) atoms. The van der Waals surface area contributed by atoms with Gasteiger partial charge in [-0.2, -0.15) is 0 Å². The predicted octanol–water partition coefficient (Wildman–Crippen LogP) is 5.07. The van der Waals surface area contributed by atoms with Crippen LogP contribution in [0.25, 0.3) is 0 Å². The Labute approximate surface area is 137 Å². The van der Waals surface area contributed by atoms with Gasteiger partial charge in [0.25, 0.3) is 0 Å². The first kappa shape index (κ1) is 16.4. The standard InChI is InChI=1S/C18H21Cl2N/c1-13-4-3-5-14(10-13)6-9-17(21-2)11-15-7-8-16(19)12-18(15)20/h3-5,7-8,10,12,17,21H,6,9,11H2,1-2H3. The molecule has 0 bridgehead atoms. The molecule has 0 aliphatic carbocycles. The van der Waals surface area contributed by atoms with Gasteiger partial charge in [0, 0.05) is 16.1 Å². The Kier molecular flexibility index (Phi) is 6.10. The van der Waals surface area contributed by atoms with Crippen LogP contribution in [-0.2, 0) is 12.8 Å². The third-order valence-corrected chi connectivity index (χ3v) is 4.34. The van der Waals surface area contributed by atoms with E-state index in [0.29, 0.717) is 11.1 Å². The molecule has 0 radical (unpaired) electrons. The molecule has 3 heteroatoms. The lowest BCUT2D eigenvalue weighted by Crippen LogP contribution is -2.28. The van der Waals surface area contributed by atoms with Crippen LogP contribution in [0.5, 0.6) is 0 Å². The van der Waals surface area contributed by atoms with E-state index in [-0.39, 0.29) is 0 Å². The number of hydrogen-bond donors (Lipinski definition) is 1. The summed E-state index contributed by atoms with van der Waals surface area (Å²) in [5.41, 5.74) is 3.84. The molecule has 0 aromatic heterocycles. The summed E-state index contributed by atoms with van der Waals surface area (Å²) < 4.78 is 0. The molecule has 0 saturated carbocycles. The second-order valence-corrected chi connectivity index (χ2v) is 6.30. The molecule has 0 saturated heterocycles. The van der Waals surface area contributed by atoms with E-state index in [4.69, 9.17) is 23.2 Å². The number of halogens is 2. The van der Waals surface area contributed by atoms with Gasteiger partial charge in [0.05, 0.1) is 0 Å². The van der Waals surface area contributed by atoms with Gasteiger partial charge in [0.2, 0.25) is 0 Å². The van der Waals surface area contributed by atoms with Crippen molar-refractivity contribution in [2.24, 2.45) is 0 Å². The van der Waals surface area contributed by atoms with Crippen molar-refractivity contribution in [3.63, 3.8) is 0 Å².